The quantitative estimate of drug-likeness (QED) is 0.494. The molecule has 0 atom stereocenters. The van der Waals surface area contributed by atoms with Gasteiger partial charge in [0.15, 0.2) is 5.69 Å². The molecule has 6 nitrogen and oxygen atoms in total. The van der Waals surface area contributed by atoms with Gasteiger partial charge in [-0.05, 0) is 30.7 Å². The molecule has 2 heterocycles. The molecule has 0 radical (unpaired) electrons. The molecule has 0 unspecified atom stereocenters. The summed E-state index contributed by atoms with van der Waals surface area (Å²) in [6.07, 6.45) is 1.66. The summed E-state index contributed by atoms with van der Waals surface area (Å²) in [6, 6.07) is 3.41. The highest BCUT2D eigenvalue weighted by atomic mass is 35.5. The van der Waals surface area contributed by atoms with Gasteiger partial charge in [0.25, 0.3) is 0 Å². The molecule has 82 valence electrons. The Morgan fingerprint density at radius 3 is 2.81 bits per heavy atom. The molecule has 1 N–H and O–H groups in total. The summed E-state index contributed by atoms with van der Waals surface area (Å²) >= 11 is 5.68. The van der Waals surface area contributed by atoms with Gasteiger partial charge in [0.1, 0.15) is 5.69 Å². The van der Waals surface area contributed by atoms with E-state index < -0.39 is 4.92 Å². The molecule has 0 amide bonds. The predicted octanol–water partition coefficient (Wildman–Crippen LogP) is 2.34. The Kier molecular flexibility index (Phi) is 2.57. The number of nitrogens with one attached hydrogen (secondary N) is 1. The van der Waals surface area contributed by atoms with Crippen molar-refractivity contribution < 1.29 is 4.92 Å². The van der Waals surface area contributed by atoms with Crippen molar-refractivity contribution in [2.24, 2.45) is 0 Å². The van der Waals surface area contributed by atoms with E-state index in [1.165, 1.54) is 6.92 Å². The Balaban J connectivity index is 2.72. The van der Waals surface area contributed by atoms with Crippen LogP contribution in [-0.2, 0) is 0 Å². The summed E-state index contributed by atoms with van der Waals surface area (Å²) in [6.45, 7) is 1.53. The van der Waals surface area contributed by atoms with E-state index in [0.29, 0.717) is 5.69 Å². The lowest BCUT2D eigenvalue weighted by Crippen LogP contribution is -2.01. The average molecular weight is 239 g/mol. The summed E-state index contributed by atoms with van der Waals surface area (Å²) in [5.74, 6) is 0. The lowest BCUT2D eigenvalue weighted by molar-refractivity contribution is -0.385. The molecule has 0 aliphatic carbocycles. The van der Waals surface area contributed by atoms with Gasteiger partial charge in [-0.1, -0.05) is 0 Å². The summed E-state index contributed by atoms with van der Waals surface area (Å²) in [5, 5.41) is 10.9. The van der Waals surface area contributed by atoms with Crippen LogP contribution in [0.2, 0.25) is 5.28 Å². The monoisotopic (exact) mass is 238 g/mol. The first-order valence-corrected chi connectivity index (χ1v) is 4.79. The molecule has 0 aliphatic heterocycles. The zero-order chi connectivity index (χ0) is 11.7. The van der Waals surface area contributed by atoms with Gasteiger partial charge < -0.3 is 4.98 Å². The molecular formula is C9H7ClN4O2. The summed E-state index contributed by atoms with van der Waals surface area (Å²) in [4.78, 5) is 20.9. The predicted molar refractivity (Wildman–Crippen MR) is 58.2 cm³/mol. The van der Waals surface area contributed by atoms with Crippen molar-refractivity contribution in [3.63, 3.8) is 0 Å². The topological polar surface area (TPSA) is 84.7 Å². The fraction of sp³-hybridized carbons (Fsp3) is 0.111. The zero-order valence-corrected chi connectivity index (χ0v) is 9.02. The first kappa shape index (κ1) is 10.6. The number of aromatic amines is 1. The minimum Gasteiger partial charge on any atom is -0.360 e. The van der Waals surface area contributed by atoms with E-state index in [2.05, 4.69) is 15.0 Å². The molecule has 0 aliphatic rings. The van der Waals surface area contributed by atoms with Crippen molar-refractivity contribution in [2.75, 3.05) is 0 Å². The van der Waals surface area contributed by atoms with E-state index in [0.717, 1.165) is 0 Å². The molecule has 0 spiro atoms. The van der Waals surface area contributed by atoms with Gasteiger partial charge in [-0.25, -0.2) is 9.97 Å². The number of halogens is 1. The summed E-state index contributed by atoms with van der Waals surface area (Å²) in [7, 11) is 0. The molecule has 0 saturated heterocycles. The second kappa shape index (κ2) is 3.90. The molecular weight excluding hydrogens is 232 g/mol. The number of rotatable bonds is 2. The van der Waals surface area contributed by atoms with Gasteiger partial charge in [0.05, 0.1) is 10.6 Å². The second-order valence-corrected chi connectivity index (χ2v) is 3.45. The van der Waals surface area contributed by atoms with Crippen LogP contribution in [0, 0.1) is 17.0 Å². The second-order valence-electron chi connectivity index (χ2n) is 3.12. The van der Waals surface area contributed by atoms with Crippen LogP contribution in [0.5, 0.6) is 0 Å². The maximum absolute atomic E-state index is 10.9. The van der Waals surface area contributed by atoms with Gasteiger partial charge in [-0.15, -0.1) is 0 Å². The van der Waals surface area contributed by atoms with Gasteiger partial charge >= 0.3 is 5.69 Å². The number of H-pyrrole nitrogens is 1. The van der Waals surface area contributed by atoms with E-state index in [1.54, 1.807) is 18.3 Å². The smallest absolute Gasteiger partial charge is 0.318 e. The van der Waals surface area contributed by atoms with E-state index in [-0.39, 0.29) is 22.4 Å². The Bertz CT molecular complexity index is 539. The number of nitrogens with zero attached hydrogens (tertiary/aromatic N) is 3. The van der Waals surface area contributed by atoms with Gasteiger partial charge in [0, 0.05) is 6.20 Å². The molecule has 0 fully saturated rings. The molecule has 2 rings (SSSR count). The van der Waals surface area contributed by atoms with Crippen LogP contribution in [0.15, 0.2) is 18.3 Å². The van der Waals surface area contributed by atoms with Crippen LogP contribution >= 0.6 is 11.6 Å². The SMILES string of the molecule is Cc1nc(Cl)nc(-c2ccc[nH]2)c1[N+](=O)[O-]. The number of hydrogen-bond acceptors (Lipinski definition) is 4. The Morgan fingerprint density at radius 2 is 2.25 bits per heavy atom. The van der Waals surface area contributed by atoms with Crippen LogP contribution < -0.4 is 0 Å². The fourth-order valence-corrected chi connectivity index (χ4v) is 1.63. The first-order chi connectivity index (χ1) is 7.59. The lowest BCUT2D eigenvalue weighted by atomic mass is 10.2. The number of aryl methyl sites for hydroxylation is 1. The Morgan fingerprint density at radius 1 is 1.50 bits per heavy atom. The maximum atomic E-state index is 10.9. The minimum absolute atomic E-state index is 0.00676. The highest BCUT2D eigenvalue weighted by molar-refractivity contribution is 6.28. The van der Waals surface area contributed by atoms with Crippen LogP contribution in [0.1, 0.15) is 5.69 Å². The van der Waals surface area contributed by atoms with E-state index >= 15 is 0 Å². The normalized spacial score (nSPS) is 10.4. The molecule has 0 aromatic carbocycles. The van der Waals surface area contributed by atoms with Crippen molar-refractivity contribution in [1.82, 2.24) is 15.0 Å². The van der Waals surface area contributed by atoms with E-state index in [1.807, 2.05) is 0 Å². The van der Waals surface area contributed by atoms with Gasteiger partial charge in [0.2, 0.25) is 5.28 Å². The largest absolute Gasteiger partial charge is 0.360 e. The lowest BCUT2D eigenvalue weighted by Gasteiger charge is -2.02. The van der Waals surface area contributed by atoms with E-state index in [4.69, 9.17) is 11.6 Å². The maximum Gasteiger partial charge on any atom is 0.318 e. The van der Waals surface area contributed by atoms with Crippen molar-refractivity contribution in [1.29, 1.82) is 0 Å². The van der Waals surface area contributed by atoms with Gasteiger partial charge in [-0.3, -0.25) is 10.1 Å². The molecule has 7 heteroatoms. The summed E-state index contributed by atoms with van der Waals surface area (Å²) < 4.78 is 0. The first-order valence-electron chi connectivity index (χ1n) is 4.42. The van der Waals surface area contributed by atoms with E-state index in [9.17, 15) is 10.1 Å². The molecule has 2 aromatic heterocycles. The number of nitro groups is 1. The number of aromatic nitrogens is 3. The molecule has 16 heavy (non-hydrogen) atoms. The molecule has 2 aromatic rings. The van der Waals surface area contributed by atoms with Crippen LogP contribution in [0.25, 0.3) is 11.4 Å². The molecule has 0 bridgehead atoms. The Hall–Kier alpha value is -1.95. The highest BCUT2D eigenvalue weighted by Gasteiger charge is 2.23. The number of hydrogen-bond donors (Lipinski definition) is 1. The summed E-state index contributed by atoms with van der Waals surface area (Å²) in [5.41, 5.74) is 0.855. The third-order valence-electron chi connectivity index (χ3n) is 2.07. The van der Waals surface area contributed by atoms with Crippen LogP contribution in [-0.4, -0.2) is 19.9 Å². The third kappa shape index (κ3) is 1.74. The van der Waals surface area contributed by atoms with Crippen molar-refractivity contribution in [2.45, 2.75) is 6.92 Å². The highest BCUT2D eigenvalue weighted by Crippen LogP contribution is 2.29. The van der Waals surface area contributed by atoms with Crippen molar-refractivity contribution in [3.05, 3.63) is 39.4 Å². The van der Waals surface area contributed by atoms with Crippen LogP contribution in [0.3, 0.4) is 0 Å². The van der Waals surface area contributed by atoms with Crippen LogP contribution in [0.4, 0.5) is 5.69 Å². The fourth-order valence-electron chi connectivity index (χ4n) is 1.42. The van der Waals surface area contributed by atoms with Crippen molar-refractivity contribution in [3.8, 4) is 11.4 Å². The molecule has 0 saturated carbocycles. The zero-order valence-electron chi connectivity index (χ0n) is 8.27. The minimum atomic E-state index is -0.512. The van der Waals surface area contributed by atoms with Crippen molar-refractivity contribution >= 4 is 17.3 Å². The Labute approximate surface area is 95.5 Å². The van der Waals surface area contributed by atoms with Gasteiger partial charge in [-0.2, -0.15) is 0 Å². The standard InChI is InChI=1S/C9H7ClN4O2/c1-5-8(14(15)16)7(13-9(10)12-5)6-3-2-4-11-6/h2-4,11H,1H3. The average Bonchev–Trinajstić information content (AvgIpc) is 2.67. The third-order valence-corrected chi connectivity index (χ3v) is 2.24.